The molecule has 1 aliphatic rings. The third-order valence-corrected chi connectivity index (χ3v) is 3.74. The van der Waals surface area contributed by atoms with Crippen molar-refractivity contribution in [2.45, 2.75) is 12.0 Å². The molecule has 20 heavy (non-hydrogen) atoms. The van der Waals surface area contributed by atoms with Crippen molar-refractivity contribution >= 4 is 33.4 Å². The number of aliphatic hydroxyl groups is 1. The molecule has 0 aliphatic carbocycles. The zero-order valence-electron chi connectivity index (χ0n) is 10.7. The minimum Gasteiger partial charge on any atom is -0.482 e. The Bertz CT molecular complexity index is 491. The molecule has 110 valence electrons. The number of ether oxygens (including phenoxy) is 2. The molecule has 1 unspecified atom stereocenters. The van der Waals surface area contributed by atoms with E-state index in [4.69, 9.17) is 21.1 Å². The van der Waals surface area contributed by atoms with Gasteiger partial charge in [0.25, 0.3) is 5.91 Å². The van der Waals surface area contributed by atoms with Gasteiger partial charge in [0.2, 0.25) is 0 Å². The van der Waals surface area contributed by atoms with Crippen LogP contribution in [-0.2, 0) is 9.53 Å². The van der Waals surface area contributed by atoms with Gasteiger partial charge in [-0.2, -0.15) is 0 Å². The monoisotopic (exact) mass is 363 g/mol. The van der Waals surface area contributed by atoms with Crippen molar-refractivity contribution in [2.75, 3.05) is 26.4 Å². The molecule has 0 spiro atoms. The summed E-state index contributed by atoms with van der Waals surface area (Å²) >= 11 is 9.26. The lowest BCUT2D eigenvalue weighted by Gasteiger charge is -2.20. The van der Waals surface area contributed by atoms with Gasteiger partial charge in [0.05, 0.1) is 11.6 Å². The molecule has 1 heterocycles. The summed E-state index contributed by atoms with van der Waals surface area (Å²) in [6.45, 7) is 0.756. The molecule has 7 heteroatoms. The Morgan fingerprint density at radius 2 is 2.40 bits per heavy atom. The zero-order chi connectivity index (χ0) is 14.6. The summed E-state index contributed by atoms with van der Waals surface area (Å²) in [6.07, 6.45) is 0.521. The van der Waals surface area contributed by atoms with Gasteiger partial charge in [-0.1, -0.05) is 27.5 Å². The smallest absolute Gasteiger partial charge is 0.258 e. The van der Waals surface area contributed by atoms with Crippen molar-refractivity contribution in [1.29, 1.82) is 0 Å². The molecule has 1 saturated heterocycles. The number of carbonyl (C=O) groups excluding carboxylic acids is 1. The van der Waals surface area contributed by atoms with Crippen LogP contribution in [0.25, 0.3) is 0 Å². The Kier molecular flexibility index (Phi) is 5.26. The van der Waals surface area contributed by atoms with Gasteiger partial charge in [-0.15, -0.1) is 0 Å². The highest BCUT2D eigenvalue weighted by atomic mass is 79.9. The average molecular weight is 365 g/mol. The summed E-state index contributed by atoms with van der Waals surface area (Å²) in [5.74, 6) is 0.122. The van der Waals surface area contributed by atoms with Crippen molar-refractivity contribution in [3.05, 3.63) is 27.7 Å². The third kappa shape index (κ3) is 4.34. The second-order valence-corrected chi connectivity index (χ2v) is 5.99. The fourth-order valence-corrected chi connectivity index (χ4v) is 2.51. The first-order valence-corrected chi connectivity index (χ1v) is 7.30. The first-order valence-electron chi connectivity index (χ1n) is 6.13. The number of carbonyl (C=O) groups is 1. The van der Waals surface area contributed by atoms with Gasteiger partial charge in [-0.05, 0) is 18.2 Å². The quantitative estimate of drug-likeness (QED) is 0.835. The maximum Gasteiger partial charge on any atom is 0.258 e. The van der Waals surface area contributed by atoms with E-state index in [2.05, 4.69) is 21.2 Å². The Balaban J connectivity index is 1.77. The number of nitrogens with one attached hydrogen (secondary N) is 1. The van der Waals surface area contributed by atoms with E-state index in [-0.39, 0.29) is 25.7 Å². The van der Waals surface area contributed by atoms with Crippen LogP contribution >= 0.6 is 27.5 Å². The lowest BCUT2D eigenvalue weighted by atomic mass is 10.0. The number of rotatable bonds is 5. The molecular formula is C13H15BrClNO4. The lowest BCUT2D eigenvalue weighted by molar-refractivity contribution is -0.124. The summed E-state index contributed by atoms with van der Waals surface area (Å²) < 4.78 is 11.3. The van der Waals surface area contributed by atoms with Crippen LogP contribution in [0.2, 0.25) is 5.02 Å². The van der Waals surface area contributed by atoms with Gasteiger partial charge in [0.1, 0.15) is 11.4 Å². The number of halogens is 2. The number of benzene rings is 1. The highest BCUT2D eigenvalue weighted by Gasteiger charge is 2.32. The number of amides is 1. The van der Waals surface area contributed by atoms with Crippen LogP contribution in [0.5, 0.6) is 5.75 Å². The second kappa shape index (κ2) is 6.76. The Labute approximate surface area is 130 Å². The first-order chi connectivity index (χ1) is 9.48. The lowest BCUT2D eigenvalue weighted by Crippen LogP contribution is -2.44. The van der Waals surface area contributed by atoms with Crippen LogP contribution < -0.4 is 10.1 Å². The molecule has 0 radical (unpaired) electrons. The molecule has 1 atom stereocenters. The van der Waals surface area contributed by atoms with Crippen molar-refractivity contribution in [3.63, 3.8) is 0 Å². The summed E-state index contributed by atoms with van der Waals surface area (Å²) in [7, 11) is 0. The van der Waals surface area contributed by atoms with Crippen molar-refractivity contribution in [3.8, 4) is 5.75 Å². The molecular weight excluding hydrogens is 350 g/mol. The normalized spacial score (nSPS) is 21.8. The van der Waals surface area contributed by atoms with E-state index < -0.39 is 5.60 Å². The van der Waals surface area contributed by atoms with E-state index in [0.29, 0.717) is 23.8 Å². The van der Waals surface area contributed by atoms with Gasteiger partial charge >= 0.3 is 0 Å². The van der Waals surface area contributed by atoms with E-state index in [1.165, 1.54) is 0 Å². The van der Waals surface area contributed by atoms with E-state index in [1.54, 1.807) is 18.2 Å². The highest BCUT2D eigenvalue weighted by molar-refractivity contribution is 9.10. The SMILES string of the molecule is O=C(COc1ccc(Br)cc1Cl)NCC1(O)CCOC1. The van der Waals surface area contributed by atoms with Crippen molar-refractivity contribution in [1.82, 2.24) is 5.32 Å². The van der Waals surface area contributed by atoms with Crippen LogP contribution in [0, 0.1) is 0 Å². The maximum absolute atomic E-state index is 11.7. The van der Waals surface area contributed by atoms with Crippen LogP contribution in [0.15, 0.2) is 22.7 Å². The average Bonchev–Trinajstić information content (AvgIpc) is 2.83. The summed E-state index contributed by atoms with van der Waals surface area (Å²) in [6, 6.07) is 5.14. The van der Waals surface area contributed by atoms with Crippen molar-refractivity contribution < 1.29 is 19.4 Å². The van der Waals surface area contributed by atoms with Crippen LogP contribution in [0.3, 0.4) is 0 Å². The molecule has 0 aromatic heterocycles. The van der Waals surface area contributed by atoms with Crippen LogP contribution in [0.4, 0.5) is 0 Å². The largest absolute Gasteiger partial charge is 0.482 e. The second-order valence-electron chi connectivity index (χ2n) is 4.67. The summed E-state index contributed by atoms with van der Waals surface area (Å²) in [5, 5.41) is 13.0. The molecule has 1 fully saturated rings. The van der Waals surface area contributed by atoms with Gasteiger partial charge in [0.15, 0.2) is 6.61 Å². The predicted octanol–water partition coefficient (Wildman–Crippen LogP) is 1.75. The van der Waals surface area contributed by atoms with E-state index >= 15 is 0 Å². The molecule has 5 nitrogen and oxygen atoms in total. The van der Waals surface area contributed by atoms with Crippen LogP contribution in [0.1, 0.15) is 6.42 Å². The topological polar surface area (TPSA) is 67.8 Å². The van der Waals surface area contributed by atoms with Crippen molar-refractivity contribution in [2.24, 2.45) is 0 Å². The van der Waals surface area contributed by atoms with E-state index in [1.807, 2.05) is 0 Å². The third-order valence-electron chi connectivity index (χ3n) is 2.95. The van der Waals surface area contributed by atoms with Gasteiger partial charge in [0, 0.05) is 24.0 Å². The molecule has 0 saturated carbocycles. The van der Waals surface area contributed by atoms with Gasteiger partial charge < -0.3 is 19.9 Å². The highest BCUT2D eigenvalue weighted by Crippen LogP contribution is 2.27. The molecule has 1 aromatic carbocycles. The molecule has 2 N–H and O–H groups in total. The molecule has 1 aliphatic heterocycles. The first kappa shape index (κ1) is 15.6. The Morgan fingerprint density at radius 1 is 1.60 bits per heavy atom. The number of hydrogen-bond acceptors (Lipinski definition) is 4. The minimum atomic E-state index is -0.967. The molecule has 2 rings (SSSR count). The Hall–Kier alpha value is -0.820. The predicted molar refractivity (Wildman–Crippen MR) is 78.0 cm³/mol. The Morgan fingerprint density at radius 3 is 3.05 bits per heavy atom. The molecule has 0 bridgehead atoms. The van der Waals surface area contributed by atoms with Crippen LogP contribution in [-0.4, -0.2) is 43.0 Å². The summed E-state index contributed by atoms with van der Waals surface area (Å²) in [5.41, 5.74) is -0.967. The summed E-state index contributed by atoms with van der Waals surface area (Å²) in [4.78, 5) is 11.7. The standard InChI is InChI=1S/C13H15BrClNO4/c14-9-1-2-11(10(15)5-9)20-6-12(17)16-7-13(18)3-4-19-8-13/h1-2,5,18H,3-4,6-8H2,(H,16,17). The minimum absolute atomic E-state index is 0.154. The van der Waals surface area contributed by atoms with E-state index in [9.17, 15) is 9.90 Å². The zero-order valence-corrected chi connectivity index (χ0v) is 13.0. The van der Waals surface area contributed by atoms with Gasteiger partial charge in [-0.25, -0.2) is 0 Å². The van der Waals surface area contributed by atoms with E-state index in [0.717, 1.165) is 4.47 Å². The maximum atomic E-state index is 11.7. The molecule has 1 aromatic rings. The molecule has 1 amide bonds. The fourth-order valence-electron chi connectivity index (χ4n) is 1.79. The number of hydrogen-bond donors (Lipinski definition) is 2. The fraction of sp³-hybridized carbons (Fsp3) is 0.462. The van der Waals surface area contributed by atoms with Gasteiger partial charge in [-0.3, -0.25) is 4.79 Å².